The summed E-state index contributed by atoms with van der Waals surface area (Å²) in [5.74, 6) is 0.0438. The molecular weight excluding hydrogens is 444 g/mol. The lowest BCUT2D eigenvalue weighted by Gasteiger charge is -2.31. The molecule has 8 heteroatoms. The number of nitrogens with one attached hydrogen (secondary N) is 2. The number of benzene rings is 2. The van der Waals surface area contributed by atoms with E-state index in [2.05, 4.69) is 15.6 Å². The number of thiazole rings is 1. The second-order valence-corrected chi connectivity index (χ2v) is 9.00. The lowest BCUT2D eigenvalue weighted by molar-refractivity contribution is 0.102. The number of anilines is 1. The van der Waals surface area contributed by atoms with Gasteiger partial charge in [0.05, 0.1) is 5.01 Å². The number of urea groups is 1. The monoisotopic (exact) mass is 468 g/mol. The SMILES string of the molecule is CCNC(=O)N1CCC(c2nc(C(=O)Nc3ccccc3-c3ccc(Cl)cc3)cs2)CC1. The molecule has 32 heavy (non-hydrogen) atoms. The number of amides is 3. The average molecular weight is 469 g/mol. The van der Waals surface area contributed by atoms with E-state index in [0.29, 0.717) is 30.4 Å². The first-order valence-electron chi connectivity index (χ1n) is 10.7. The molecule has 1 fully saturated rings. The Labute approximate surface area is 196 Å². The summed E-state index contributed by atoms with van der Waals surface area (Å²) in [7, 11) is 0. The number of hydrogen-bond donors (Lipinski definition) is 2. The van der Waals surface area contributed by atoms with Gasteiger partial charge in [-0.05, 0) is 43.5 Å². The Bertz CT molecular complexity index is 1090. The van der Waals surface area contributed by atoms with Gasteiger partial charge < -0.3 is 15.5 Å². The smallest absolute Gasteiger partial charge is 0.317 e. The third kappa shape index (κ3) is 5.11. The van der Waals surface area contributed by atoms with Crippen molar-refractivity contribution in [1.82, 2.24) is 15.2 Å². The van der Waals surface area contributed by atoms with E-state index in [1.54, 1.807) is 0 Å². The summed E-state index contributed by atoms with van der Waals surface area (Å²) >= 11 is 7.52. The molecule has 0 radical (unpaired) electrons. The Kier molecular flexibility index (Phi) is 7.07. The largest absolute Gasteiger partial charge is 0.338 e. The minimum atomic E-state index is -0.228. The Morgan fingerprint density at radius 3 is 2.56 bits per heavy atom. The van der Waals surface area contributed by atoms with E-state index in [-0.39, 0.29) is 17.9 Å². The van der Waals surface area contributed by atoms with Gasteiger partial charge in [-0.3, -0.25) is 4.79 Å². The fraction of sp³-hybridized carbons (Fsp3) is 0.292. The molecule has 0 unspecified atom stereocenters. The predicted octanol–water partition coefficient (Wildman–Crippen LogP) is 5.62. The molecule has 2 heterocycles. The van der Waals surface area contributed by atoms with Gasteiger partial charge in [-0.15, -0.1) is 11.3 Å². The summed E-state index contributed by atoms with van der Waals surface area (Å²) in [6.07, 6.45) is 1.70. The van der Waals surface area contributed by atoms with Crippen molar-refractivity contribution < 1.29 is 9.59 Å². The molecule has 1 aliphatic rings. The number of carbonyl (C=O) groups is 2. The first-order chi connectivity index (χ1) is 15.5. The normalized spacial score (nSPS) is 14.2. The van der Waals surface area contributed by atoms with E-state index < -0.39 is 0 Å². The highest BCUT2D eigenvalue weighted by atomic mass is 35.5. The van der Waals surface area contributed by atoms with Crippen molar-refractivity contribution in [2.75, 3.05) is 25.0 Å². The van der Waals surface area contributed by atoms with Gasteiger partial charge in [0.2, 0.25) is 0 Å². The van der Waals surface area contributed by atoms with Crippen LogP contribution in [-0.4, -0.2) is 41.5 Å². The number of hydrogen-bond acceptors (Lipinski definition) is 4. The zero-order valence-electron chi connectivity index (χ0n) is 17.8. The first kappa shape index (κ1) is 22.3. The number of nitrogens with zero attached hydrogens (tertiary/aromatic N) is 2. The van der Waals surface area contributed by atoms with Gasteiger partial charge in [0.25, 0.3) is 5.91 Å². The number of rotatable bonds is 5. The molecule has 6 nitrogen and oxygen atoms in total. The maximum absolute atomic E-state index is 12.9. The second kappa shape index (κ2) is 10.1. The van der Waals surface area contributed by atoms with Crippen LogP contribution in [0.1, 0.15) is 41.2 Å². The fourth-order valence-electron chi connectivity index (χ4n) is 3.83. The summed E-state index contributed by atoms with van der Waals surface area (Å²) < 4.78 is 0. The second-order valence-electron chi connectivity index (χ2n) is 7.67. The van der Waals surface area contributed by atoms with Crippen LogP contribution >= 0.6 is 22.9 Å². The van der Waals surface area contributed by atoms with Crippen LogP contribution in [0.25, 0.3) is 11.1 Å². The molecule has 2 aromatic carbocycles. The van der Waals surface area contributed by atoms with Crippen molar-refractivity contribution in [2.24, 2.45) is 0 Å². The van der Waals surface area contributed by atoms with Crippen LogP contribution in [0.4, 0.5) is 10.5 Å². The number of aromatic nitrogens is 1. The molecule has 4 rings (SSSR count). The molecule has 166 valence electrons. The number of carbonyl (C=O) groups excluding carboxylic acids is 2. The molecule has 0 atom stereocenters. The van der Waals surface area contributed by atoms with Crippen LogP contribution in [0.3, 0.4) is 0 Å². The van der Waals surface area contributed by atoms with Crippen LogP contribution in [0, 0.1) is 0 Å². The summed E-state index contributed by atoms with van der Waals surface area (Å²) in [5, 5.41) is 9.28. The van der Waals surface area contributed by atoms with Gasteiger partial charge >= 0.3 is 6.03 Å². The molecule has 0 spiro atoms. The van der Waals surface area contributed by atoms with E-state index in [4.69, 9.17) is 11.6 Å². The first-order valence-corrected chi connectivity index (χ1v) is 12.0. The molecular formula is C24H25ClN4O2S. The third-order valence-corrected chi connectivity index (χ3v) is 6.80. The van der Waals surface area contributed by atoms with Gasteiger partial charge in [0, 0.05) is 47.2 Å². The topological polar surface area (TPSA) is 74.3 Å². The van der Waals surface area contributed by atoms with Crippen LogP contribution in [0.5, 0.6) is 0 Å². The van der Waals surface area contributed by atoms with Crippen LogP contribution in [0.15, 0.2) is 53.9 Å². The number of para-hydroxylation sites is 1. The maximum Gasteiger partial charge on any atom is 0.317 e. The van der Waals surface area contributed by atoms with Gasteiger partial charge in [0.1, 0.15) is 5.69 Å². The summed E-state index contributed by atoms with van der Waals surface area (Å²) in [6.45, 7) is 3.95. The predicted molar refractivity (Wildman–Crippen MR) is 130 cm³/mol. The van der Waals surface area contributed by atoms with E-state index in [1.807, 2.05) is 65.7 Å². The van der Waals surface area contributed by atoms with Crippen molar-refractivity contribution in [2.45, 2.75) is 25.7 Å². The summed E-state index contributed by atoms with van der Waals surface area (Å²) in [4.78, 5) is 31.4. The number of halogens is 1. The highest BCUT2D eigenvalue weighted by Gasteiger charge is 2.26. The lowest BCUT2D eigenvalue weighted by atomic mass is 9.98. The average Bonchev–Trinajstić information content (AvgIpc) is 3.31. The van der Waals surface area contributed by atoms with Crippen molar-refractivity contribution in [3.8, 4) is 11.1 Å². The highest BCUT2D eigenvalue weighted by molar-refractivity contribution is 7.10. The Balaban J connectivity index is 1.42. The molecule has 0 aliphatic carbocycles. The zero-order chi connectivity index (χ0) is 22.5. The van der Waals surface area contributed by atoms with E-state index in [9.17, 15) is 9.59 Å². The van der Waals surface area contributed by atoms with Crippen molar-refractivity contribution in [1.29, 1.82) is 0 Å². The summed E-state index contributed by atoms with van der Waals surface area (Å²) in [6, 6.07) is 15.2. The van der Waals surface area contributed by atoms with Gasteiger partial charge in [0.15, 0.2) is 0 Å². The zero-order valence-corrected chi connectivity index (χ0v) is 19.4. The van der Waals surface area contributed by atoms with E-state index >= 15 is 0 Å². The Morgan fingerprint density at radius 2 is 1.84 bits per heavy atom. The van der Waals surface area contributed by atoms with E-state index in [1.165, 1.54) is 11.3 Å². The molecule has 3 amide bonds. The number of piperidine rings is 1. The van der Waals surface area contributed by atoms with Crippen LogP contribution < -0.4 is 10.6 Å². The van der Waals surface area contributed by atoms with Crippen LogP contribution in [-0.2, 0) is 0 Å². The van der Waals surface area contributed by atoms with Gasteiger partial charge in [-0.25, -0.2) is 9.78 Å². The quantitative estimate of drug-likeness (QED) is 0.510. The minimum absolute atomic E-state index is 0.00971. The maximum atomic E-state index is 12.9. The Morgan fingerprint density at radius 1 is 1.12 bits per heavy atom. The molecule has 1 aromatic heterocycles. The van der Waals surface area contributed by atoms with Crippen molar-refractivity contribution in [3.05, 3.63) is 69.6 Å². The molecule has 1 aliphatic heterocycles. The highest BCUT2D eigenvalue weighted by Crippen LogP contribution is 2.32. The van der Waals surface area contributed by atoms with Crippen molar-refractivity contribution >= 4 is 40.6 Å². The van der Waals surface area contributed by atoms with Gasteiger partial charge in [-0.2, -0.15) is 0 Å². The Hall–Kier alpha value is -2.90. The van der Waals surface area contributed by atoms with Gasteiger partial charge in [-0.1, -0.05) is 41.9 Å². The lowest BCUT2D eigenvalue weighted by Crippen LogP contribution is -2.44. The molecule has 3 aromatic rings. The standard InChI is InChI=1S/C24H25ClN4O2S/c1-2-26-24(31)29-13-11-17(12-14-29)23-28-21(15-32-23)22(30)27-20-6-4-3-5-19(20)16-7-9-18(25)10-8-16/h3-10,15,17H,2,11-14H2,1H3,(H,26,31)(H,27,30). The number of likely N-dealkylation sites (tertiary alicyclic amines) is 1. The molecule has 0 saturated carbocycles. The molecule has 1 saturated heterocycles. The third-order valence-electron chi connectivity index (χ3n) is 5.54. The minimum Gasteiger partial charge on any atom is -0.338 e. The van der Waals surface area contributed by atoms with Crippen molar-refractivity contribution in [3.63, 3.8) is 0 Å². The molecule has 0 bridgehead atoms. The fourth-order valence-corrected chi connectivity index (χ4v) is 4.93. The van der Waals surface area contributed by atoms with Crippen LogP contribution in [0.2, 0.25) is 5.02 Å². The summed E-state index contributed by atoms with van der Waals surface area (Å²) in [5.41, 5.74) is 3.04. The molecule has 2 N–H and O–H groups in total. The van der Waals surface area contributed by atoms with E-state index in [0.717, 1.165) is 34.7 Å².